The number of aryl methyl sites for hydroxylation is 1. The summed E-state index contributed by atoms with van der Waals surface area (Å²) in [7, 11) is 1.35. The number of amides is 2. The van der Waals surface area contributed by atoms with Crippen LogP contribution in [0.2, 0.25) is 0 Å². The van der Waals surface area contributed by atoms with Crippen molar-refractivity contribution in [2.24, 2.45) is 13.0 Å². The molecule has 0 atom stereocenters. The summed E-state index contributed by atoms with van der Waals surface area (Å²) >= 11 is 0. The second kappa shape index (κ2) is 13.5. The molecule has 4 rings (SSSR count). The Morgan fingerprint density at radius 3 is 2.23 bits per heavy atom. The Morgan fingerprint density at radius 1 is 1.00 bits per heavy atom. The van der Waals surface area contributed by atoms with Gasteiger partial charge >= 0.3 is 12.4 Å². The van der Waals surface area contributed by atoms with Crippen LogP contribution in [0.4, 0.5) is 51.1 Å². The van der Waals surface area contributed by atoms with Crippen LogP contribution in [0, 0.1) is 5.92 Å². The standard InChI is InChI=1S/C29H31F9N6O3/c1-27(2,32)25(46)39-12-14-4-9-18(29(36,37)38)19(10-14)41-26-42-20-11-17(24(47-13-21(30)31)43-22(20)44(26)3)23(45)40-16-7-5-15(6-8-16)28(33,34)35/h4,9-11,15-16,21H,5-8,12-13H2,1-3H3,(H,39,46)(H,40,45)(H,41,42)/t15-,16-. The zero-order valence-electron chi connectivity index (χ0n) is 25.3. The van der Waals surface area contributed by atoms with Gasteiger partial charge in [0.05, 0.1) is 17.2 Å². The minimum Gasteiger partial charge on any atom is -0.471 e. The molecule has 2 heterocycles. The van der Waals surface area contributed by atoms with Gasteiger partial charge in [-0.25, -0.2) is 18.2 Å². The molecule has 1 fully saturated rings. The summed E-state index contributed by atoms with van der Waals surface area (Å²) < 4.78 is 127. The predicted octanol–water partition coefficient (Wildman–Crippen LogP) is 6.59. The van der Waals surface area contributed by atoms with E-state index in [9.17, 15) is 49.1 Å². The normalized spacial score (nSPS) is 17.6. The lowest BCUT2D eigenvalue weighted by molar-refractivity contribution is -0.182. The highest BCUT2D eigenvalue weighted by Gasteiger charge is 2.42. The molecule has 0 radical (unpaired) electrons. The molecule has 0 aliphatic heterocycles. The number of hydrogen-bond acceptors (Lipinski definition) is 6. The van der Waals surface area contributed by atoms with Gasteiger partial charge in [0.1, 0.15) is 11.1 Å². The summed E-state index contributed by atoms with van der Waals surface area (Å²) in [6.07, 6.45) is -12.5. The molecular weight excluding hydrogens is 651 g/mol. The first-order valence-electron chi connectivity index (χ1n) is 14.3. The minimum atomic E-state index is -4.84. The van der Waals surface area contributed by atoms with Gasteiger partial charge in [0.2, 0.25) is 11.8 Å². The smallest absolute Gasteiger partial charge is 0.418 e. The highest BCUT2D eigenvalue weighted by atomic mass is 19.4. The molecule has 47 heavy (non-hydrogen) atoms. The fourth-order valence-corrected chi connectivity index (χ4v) is 5.01. The second-order valence-electron chi connectivity index (χ2n) is 11.6. The third-order valence-electron chi connectivity index (χ3n) is 7.55. The van der Waals surface area contributed by atoms with E-state index in [0.29, 0.717) is 0 Å². The maximum absolute atomic E-state index is 13.9. The molecule has 3 N–H and O–H groups in total. The van der Waals surface area contributed by atoms with E-state index >= 15 is 0 Å². The van der Waals surface area contributed by atoms with Gasteiger partial charge in [-0.15, -0.1) is 0 Å². The summed E-state index contributed by atoms with van der Waals surface area (Å²) in [4.78, 5) is 33.4. The molecule has 0 unspecified atom stereocenters. The van der Waals surface area contributed by atoms with Crippen molar-refractivity contribution in [2.45, 2.75) is 76.6 Å². The molecule has 0 spiro atoms. The van der Waals surface area contributed by atoms with E-state index in [-0.39, 0.29) is 60.5 Å². The number of aromatic nitrogens is 3. The number of nitrogens with one attached hydrogen (secondary N) is 3. The minimum absolute atomic E-state index is 0.0201. The van der Waals surface area contributed by atoms with E-state index in [2.05, 4.69) is 25.9 Å². The lowest BCUT2D eigenvalue weighted by Gasteiger charge is -2.30. The zero-order chi connectivity index (χ0) is 34.9. The average molecular weight is 683 g/mol. The van der Waals surface area contributed by atoms with E-state index in [1.807, 2.05) is 0 Å². The van der Waals surface area contributed by atoms with Crippen molar-refractivity contribution in [1.82, 2.24) is 25.2 Å². The van der Waals surface area contributed by atoms with Crippen molar-refractivity contribution in [3.63, 3.8) is 0 Å². The average Bonchev–Trinajstić information content (AvgIpc) is 3.26. The Kier molecular flexibility index (Phi) is 10.2. The molecule has 18 heteroatoms. The third-order valence-corrected chi connectivity index (χ3v) is 7.55. The van der Waals surface area contributed by atoms with Crippen molar-refractivity contribution >= 4 is 34.6 Å². The summed E-state index contributed by atoms with van der Waals surface area (Å²) in [5, 5.41) is 7.42. The van der Waals surface area contributed by atoms with Crippen LogP contribution in [0.5, 0.6) is 5.88 Å². The molecule has 258 valence electrons. The van der Waals surface area contributed by atoms with Crippen LogP contribution in [-0.2, 0) is 24.6 Å². The topological polar surface area (TPSA) is 110 Å². The lowest BCUT2D eigenvalue weighted by Crippen LogP contribution is -2.40. The number of pyridine rings is 1. The lowest BCUT2D eigenvalue weighted by atomic mass is 9.85. The molecule has 0 bridgehead atoms. The van der Waals surface area contributed by atoms with E-state index < -0.39 is 72.0 Å². The van der Waals surface area contributed by atoms with Gasteiger partial charge in [-0.2, -0.15) is 31.3 Å². The first kappa shape index (κ1) is 35.6. The van der Waals surface area contributed by atoms with Gasteiger partial charge in [0.25, 0.3) is 18.2 Å². The van der Waals surface area contributed by atoms with Gasteiger partial charge in [-0.05, 0) is 63.3 Å². The number of rotatable bonds is 10. The summed E-state index contributed by atoms with van der Waals surface area (Å²) in [5.74, 6) is -4.11. The van der Waals surface area contributed by atoms with Gasteiger partial charge in [0, 0.05) is 19.6 Å². The number of alkyl halides is 9. The van der Waals surface area contributed by atoms with Crippen LogP contribution in [-0.4, -0.2) is 57.3 Å². The molecule has 2 amide bonds. The zero-order valence-corrected chi connectivity index (χ0v) is 25.3. The highest BCUT2D eigenvalue weighted by Crippen LogP contribution is 2.39. The van der Waals surface area contributed by atoms with E-state index in [4.69, 9.17) is 4.74 Å². The Hall–Kier alpha value is -4.25. The molecule has 1 aliphatic rings. The van der Waals surface area contributed by atoms with Crippen LogP contribution in [0.1, 0.15) is 61.0 Å². The maximum atomic E-state index is 13.9. The quantitative estimate of drug-likeness (QED) is 0.208. The number of imidazole rings is 1. The second-order valence-corrected chi connectivity index (χ2v) is 11.6. The predicted molar refractivity (Wildman–Crippen MR) is 151 cm³/mol. The summed E-state index contributed by atoms with van der Waals surface area (Å²) in [5.41, 5.74) is -4.13. The molecule has 2 aromatic heterocycles. The molecule has 1 aromatic carbocycles. The Balaban J connectivity index is 1.65. The van der Waals surface area contributed by atoms with Gasteiger partial charge < -0.3 is 20.7 Å². The summed E-state index contributed by atoms with van der Waals surface area (Å²) in [6, 6.07) is 3.41. The monoisotopic (exact) mass is 682 g/mol. The number of fused-ring (bicyclic) bond motifs is 1. The van der Waals surface area contributed by atoms with E-state index in [1.165, 1.54) is 11.6 Å². The maximum Gasteiger partial charge on any atom is 0.418 e. The SMILES string of the molecule is Cn1c(Nc2cc(CNC(=O)C(C)(C)F)ccc2C(F)(F)F)nc2cc(C(=O)N[C@H]3CC[C@H](C(F)(F)F)CC3)c(OCC(F)F)nc21. The number of hydrogen-bond donors (Lipinski definition) is 3. The number of carbonyl (C=O) groups is 2. The van der Waals surface area contributed by atoms with Crippen molar-refractivity contribution in [3.05, 3.63) is 41.0 Å². The van der Waals surface area contributed by atoms with Crippen LogP contribution in [0.25, 0.3) is 11.2 Å². The van der Waals surface area contributed by atoms with Gasteiger partial charge in [0.15, 0.2) is 17.9 Å². The Bertz CT molecular complexity index is 1610. The van der Waals surface area contributed by atoms with Crippen molar-refractivity contribution in [2.75, 3.05) is 11.9 Å². The molecular formula is C29H31F9N6O3. The van der Waals surface area contributed by atoms with E-state index in [1.54, 1.807) is 0 Å². The number of carbonyl (C=O) groups excluding carboxylic acids is 2. The van der Waals surface area contributed by atoms with E-state index in [0.717, 1.165) is 38.1 Å². The molecule has 3 aromatic rings. The van der Waals surface area contributed by atoms with Crippen molar-refractivity contribution < 1.29 is 53.8 Å². The number of ether oxygens (including phenoxy) is 1. The van der Waals surface area contributed by atoms with Crippen LogP contribution in [0.15, 0.2) is 24.3 Å². The van der Waals surface area contributed by atoms with Crippen LogP contribution < -0.4 is 20.7 Å². The Labute approximate surface area is 262 Å². The molecule has 0 saturated heterocycles. The largest absolute Gasteiger partial charge is 0.471 e. The number of halogens is 9. The third kappa shape index (κ3) is 8.77. The summed E-state index contributed by atoms with van der Waals surface area (Å²) in [6.45, 7) is 0.577. The van der Waals surface area contributed by atoms with Crippen LogP contribution >= 0.6 is 0 Å². The number of anilines is 2. The highest BCUT2D eigenvalue weighted by molar-refractivity contribution is 5.99. The number of benzene rings is 1. The fraction of sp³-hybridized carbons (Fsp3) is 0.517. The van der Waals surface area contributed by atoms with Crippen molar-refractivity contribution in [3.8, 4) is 5.88 Å². The van der Waals surface area contributed by atoms with Gasteiger partial charge in [-0.3, -0.25) is 14.2 Å². The number of nitrogens with zero attached hydrogens (tertiary/aromatic N) is 3. The first-order valence-corrected chi connectivity index (χ1v) is 14.3. The molecule has 9 nitrogen and oxygen atoms in total. The fourth-order valence-electron chi connectivity index (χ4n) is 5.01. The van der Waals surface area contributed by atoms with Gasteiger partial charge in [-0.1, -0.05) is 6.07 Å². The molecule has 1 saturated carbocycles. The Morgan fingerprint density at radius 2 is 1.66 bits per heavy atom. The molecule has 1 aliphatic carbocycles. The van der Waals surface area contributed by atoms with Crippen molar-refractivity contribution in [1.29, 1.82) is 0 Å². The van der Waals surface area contributed by atoms with Crippen LogP contribution in [0.3, 0.4) is 0 Å². The first-order chi connectivity index (χ1) is 21.7.